The number of carbonyl (C=O) groups is 1. The van der Waals surface area contributed by atoms with Gasteiger partial charge in [0.25, 0.3) is 0 Å². The molecule has 0 aliphatic heterocycles. The first kappa shape index (κ1) is 47.9. The molecule has 1 atom stereocenters. The van der Waals surface area contributed by atoms with Crippen LogP contribution in [0.1, 0.15) is 26.7 Å². The molecule has 0 saturated heterocycles. The van der Waals surface area contributed by atoms with Crippen molar-refractivity contribution in [3.05, 3.63) is 29.1 Å². The van der Waals surface area contributed by atoms with Gasteiger partial charge in [0.1, 0.15) is 0 Å². The molecule has 1 aromatic rings. The predicted molar refractivity (Wildman–Crippen MR) is 175 cm³/mol. The molecule has 0 saturated carbocycles. The van der Waals surface area contributed by atoms with Crippen LogP contribution in [0.3, 0.4) is 0 Å². The van der Waals surface area contributed by atoms with Gasteiger partial charge in [-0.25, -0.2) is 13.2 Å². The molecule has 304 valence electrons. The third-order valence-electron chi connectivity index (χ3n) is 6.66. The Bertz CT molecular complexity index is 999. The SMILES string of the molecule is CCC(C)COCCOCCOCCOCCOCCOCCOCCOCCOCCOCCOCCC(=O)Oc1c(F)c(F)c(F)c(F)c1F. The number of esters is 1. The zero-order valence-electron chi connectivity index (χ0n) is 30.2. The maximum atomic E-state index is 13.5. The molecular weight excluding hydrogens is 711 g/mol. The lowest BCUT2D eigenvalue weighted by atomic mass is 10.1. The average Bonchev–Trinajstić information content (AvgIpc) is 3.14. The first-order chi connectivity index (χ1) is 25.3. The summed E-state index contributed by atoms with van der Waals surface area (Å²) >= 11 is 0. The molecule has 0 spiro atoms. The molecule has 0 amide bonds. The van der Waals surface area contributed by atoms with Crippen molar-refractivity contribution in [1.82, 2.24) is 0 Å². The Morgan fingerprint density at radius 1 is 0.423 bits per heavy atom. The summed E-state index contributed by atoms with van der Waals surface area (Å²) in [6.45, 7) is 13.2. The lowest BCUT2D eigenvalue weighted by Crippen LogP contribution is -2.16. The molecule has 0 aliphatic carbocycles. The van der Waals surface area contributed by atoms with Crippen molar-refractivity contribution in [3.8, 4) is 5.75 Å². The monoisotopic (exact) mass is 766 g/mol. The molecule has 1 rings (SSSR count). The van der Waals surface area contributed by atoms with Crippen molar-refractivity contribution in [2.45, 2.75) is 26.7 Å². The van der Waals surface area contributed by atoms with E-state index in [0.717, 1.165) is 13.0 Å². The lowest BCUT2D eigenvalue weighted by Gasteiger charge is -2.10. The summed E-state index contributed by atoms with van der Waals surface area (Å²) in [5.41, 5.74) is 0. The highest BCUT2D eigenvalue weighted by Crippen LogP contribution is 2.29. The van der Waals surface area contributed by atoms with Crippen molar-refractivity contribution < 1.29 is 83.6 Å². The topological polar surface area (TPSA) is 128 Å². The van der Waals surface area contributed by atoms with Gasteiger partial charge in [-0.2, -0.15) is 8.78 Å². The molecule has 13 nitrogen and oxygen atoms in total. The first-order valence-electron chi connectivity index (χ1n) is 17.4. The summed E-state index contributed by atoms with van der Waals surface area (Å²) in [4.78, 5) is 11.6. The highest BCUT2D eigenvalue weighted by atomic mass is 19.2. The molecule has 18 heteroatoms. The van der Waals surface area contributed by atoms with Crippen LogP contribution in [0.5, 0.6) is 5.75 Å². The summed E-state index contributed by atoms with van der Waals surface area (Å²) in [6.07, 6.45) is 0.626. The fourth-order valence-electron chi connectivity index (χ4n) is 3.60. The van der Waals surface area contributed by atoms with Crippen LogP contribution in [0, 0.1) is 35.0 Å². The minimum absolute atomic E-state index is 0.0813. The Kier molecular flexibility index (Phi) is 30.8. The highest BCUT2D eigenvalue weighted by molar-refractivity contribution is 5.72. The van der Waals surface area contributed by atoms with Crippen LogP contribution in [-0.2, 0) is 56.9 Å². The Morgan fingerprint density at radius 2 is 0.673 bits per heavy atom. The van der Waals surface area contributed by atoms with Crippen molar-refractivity contribution in [3.63, 3.8) is 0 Å². The van der Waals surface area contributed by atoms with Gasteiger partial charge < -0.3 is 56.8 Å². The zero-order chi connectivity index (χ0) is 38.1. The molecule has 1 unspecified atom stereocenters. The summed E-state index contributed by atoms with van der Waals surface area (Å²) in [5.74, 6) is -13.6. The van der Waals surface area contributed by atoms with Crippen LogP contribution in [0.4, 0.5) is 22.0 Å². The van der Waals surface area contributed by atoms with Crippen LogP contribution in [0.25, 0.3) is 0 Å². The Balaban J connectivity index is 1.73. The number of benzene rings is 1. The molecule has 0 bridgehead atoms. The van der Waals surface area contributed by atoms with Gasteiger partial charge in [0.05, 0.1) is 145 Å². The van der Waals surface area contributed by atoms with Gasteiger partial charge in [0.2, 0.25) is 34.8 Å². The van der Waals surface area contributed by atoms with Crippen LogP contribution >= 0.6 is 0 Å². The molecule has 0 heterocycles. The van der Waals surface area contributed by atoms with Crippen LogP contribution in [0.15, 0.2) is 0 Å². The van der Waals surface area contributed by atoms with Crippen LogP contribution in [-0.4, -0.2) is 151 Å². The molecule has 0 N–H and O–H groups in total. The molecule has 0 aliphatic rings. The average molecular weight is 767 g/mol. The number of ether oxygens (including phenoxy) is 12. The van der Waals surface area contributed by atoms with Gasteiger partial charge in [-0.3, -0.25) is 4.79 Å². The fraction of sp³-hybridized carbons (Fsp3) is 0.794. The maximum Gasteiger partial charge on any atom is 0.313 e. The van der Waals surface area contributed by atoms with Gasteiger partial charge in [0, 0.05) is 6.61 Å². The quantitative estimate of drug-likeness (QED) is 0.0243. The first-order valence-corrected chi connectivity index (χ1v) is 17.4. The van der Waals surface area contributed by atoms with E-state index in [9.17, 15) is 26.7 Å². The summed E-state index contributed by atoms with van der Waals surface area (Å²) in [7, 11) is 0. The lowest BCUT2D eigenvalue weighted by molar-refractivity contribution is -0.136. The Hall–Kier alpha value is -2.10. The summed E-state index contributed by atoms with van der Waals surface area (Å²) in [6, 6.07) is 0. The Morgan fingerprint density at radius 3 is 0.962 bits per heavy atom. The number of rotatable bonds is 37. The normalized spacial score (nSPS) is 12.1. The smallest absolute Gasteiger partial charge is 0.313 e. The zero-order valence-corrected chi connectivity index (χ0v) is 30.2. The molecule has 0 radical (unpaired) electrons. The van der Waals surface area contributed by atoms with E-state index >= 15 is 0 Å². The van der Waals surface area contributed by atoms with E-state index in [0.29, 0.717) is 118 Å². The maximum absolute atomic E-state index is 13.5. The molecule has 1 aromatic carbocycles. The predicted octanol–water partition coefficient (Wildman–Crippen LogP) is 3.91. The number of hydrogen-bond acceptors (Lipinski definition) is 13. The highest BCUT2D eigenvalue weighted by Gasteiger charge is 2.28. The minimum atomic E-state index is -2.35. The summed E-state index contributed by atoms with van der Waals surface area (Å²) in [5, 5.41) is 0. The van der Waals surface area contributed by atoms with E-state index < -0.39 is 47.2 Å². The van der Waals surface area contributed by atoms with Crippen molar-refractivity contribution >= 4 is 5.97 Å². The second kappa shape index (κ2) is 33.5. The third-order valence-corrected chi connectivity index (χ3v) is 6.66. The largest absolute Gasteiger partial charge is 0.420 e. The van der Waals surface area contributed by atoms with Crippen molar-refractivity contribution in [1.29, 1.82) is 0 Å². The Labute approximate surface area is 302 Å². The number of halogens is 5. The number of carbonyl (C=O) groups excluding carboxylic acids is 1. The van der Waals surface area contributed by atoms with Crippen LogP contribution in [0.2, 0.25) is 0 Å². The molecule has 0 aromatic heterocycles. The summed E-state index contributed by atoms with van der Waals surface area (Å²) < 4.78 is 130. The molecule has 0 fully saturated rings. The van der Waals surface area contributed by atoms with Gasteiger partial charge in [-0.15, -0.1) is 0 Å². The minimum Gasteiger partial charge on any atom is -0.420 e. The van der Waals surface area contributed by atoms with E-state index in [1.54, 1.807) is 0 Å². The second-order valence-corrected chi connectivity index (χ2v) is 10.8. The van der Waals surface area contributed by atoms with Crippen molar-refractivity contribution in [2.24, 2.45) is 5.92 Å². The number of hydrogen-bond donors (Lipinski definition) is 0. The van der Waals surface area contributed by atoms with Gasteiger partial charge in [-0.1, -0.05) is 20.3 Å². The van der Waals surface area contributed by atoms with E-state index in [-0.39, 0.29) is 26.4 Å². The standard InChI is InChI=1S/C34H55F5O13/c1-3-27(2)26-51-25-24-50-23-22-49-21-20-48-19-18-47-17-16-46-15-14-45-13-12-44-11-10-43-9-8-42-7-6-41-5-4-28(40)52-34-32(38)30(36)29(35)31(37)33(34)39/h27H,3-26H2,1-2H3. The van der Waals surface area contributed by atoms with Gasteiger partial charge in [0.15, 0.2) is 0 Å². The van der Waals surface area contributed by atoms with Crippen LogP contribution < -0.4 is 4.74 Å². The fourth-order valence-corrected chi connectivity index (χ4v) is 3.60. The van der Waals surface area contributed by atoms with E-state index in [1.807, 2.05) is 0 Å². The van der Waals surface area contributed by atoms with Crippen molar-refractivity contribution in [2.75, 3.05) is 145 Å². The van der Waals surface area contributed by atoms with E-state index in [2.05, 4.69) is 18.6 Å². The van der Waals surface area contributed by atoms with E-state index in [4.69, 9.17) is 52.1 Å². The molecular formula is C34H55F5O13. The molecule has 52 heavy (non-hydrogen) atoms. The van der Waals surface area contributed by atoms with Gasteiger partial charge >= 0.3 is 5.97 Å². The van der Waals surface area contributed by atoms with Gasteiger partial charge in [-0.05, 0) is 5.92 Å². The van der Waals surface area contributed by atoms with E-state index in [1.165, 1.54) is 0 Å². The second-order valence-electron chi connectivity index (χ2n) is 10.8. The third kappa shape index (κ3) is 25.0.